The maximum atomic E-state index is 6.06. The van der Waals surface area contributed by atoms with Gasteiger partial charge in [-0.25, -0.2) is 0 Å². The Morgan fingerprint density at radius 3 is 1.56 bits per heavy atom. The zero-order chi connectivity index (χ0) is 19.1. The third-order valence-corrected chi connectivity index (χ3v) is 4.47. The van der Waals surface area contributed by atoms with Crippen LogP contribution < -0.4 is 9.64 Å². The highest BCUT2D eigenvalue weighted by atomic mass is 35.5. The van der Waals surface area contributed by atoms with Crippen molar-refractivity contribution in [3.8, 4) is 5.75 Å². The minimum atomic E-state index is 0.533. The second-order valence-electron chi connectivity index (χ2n) is 5.83. The largest absolute Gasteiger partial charge is 0.491 e. The van der Waals surface area contributed by atoms with Crippen LogP contribution in [0.15, 0.2) is 72.8 Å². The molecule has 0 aliphatic rings. The molecule has 0 atom stereocenters. The summed E-state index contributed by atoms with van der Waals surface area (Å²) in [4.78, 5) is 2.14. The molecule has 3 aromatic rings. The highest BCUT2D eigenvalue weighted by Gasteiger charge is 2.12. The van der Waals surface area contributed by atoms with Crippen LogP contribution in [0.2, 0.25) is 10.0 Å². The lowest BCUT2D eigenvalue weighted by Crippen LogP contribution is -2.10. The van der Waals surface area contributed by atoms with Crippen LogP contribution in [0.25, 0.3) is 0 Å². The van der Waals surface area contributed by atoms with Crippen molar-refractivity contribution in [1.82, 2.24) is 0 Å². The van der Waals surface area contributed by atoms with Gasteiger partial charge in [-0.05, 0) is 79.7 Å². The van der Waals surface area contributed by atoms with Gasteiger partial charge >= 0.3 is 0 Å². The van der Waals surface area contributed by atoms with Crippen molar-refractivity contribution in [3.63, 3.8) is 0 Å². The molecule has 3 aromatic carbocycles. The Balaban J connectivity index is 1.86. The van der Waals surface area contributed by atoms with Crippen molar-refractivity contribution in [2.45, 2.75) is 6.92 Å². The lowest BCUT2D eigenvalue weighted by Gasteiger charge is -2.25. The summed E-state index contributed by atoms with van der Waals surface area (Å²) in [6.45, 7) is 3.78. The molecular weight excluding hydrogens is 381 g/mol. The van der Waals surface area contributed by atoms with E-state index in [-0.39, 0.29) is 0 Å². The van der Waals surface area contributed by atoms with Crippen LogP contribution in [0, 0.1) is 0 Å². The van der Waals surface area contributed by atoms with E-state index in [2.05, 4.69) is 4.90 Å². The molecule has 0 heterocycles. The smallest absolute Gasteiger partial charge is 0.119 e. The van der Waals surface area contributed by atoms with Gasteiger partial charge in [0.1, 0.15) is 12.4 Å². The normalized spacial score (nSPS) is 10.6. The quantitative estimate of drug-likeness (QED) is 0.384. The third kappa shape index (κ3) is 5.39. The SMILES string of the molecule is CCOCCOc1ccc(N(c2ccc(Cl)cc2)c2ccc(Cl)cc2)cc1. The van der Waals surface area contributed by atoms with Crippen LogP contribution >= 0.6 is 23.2 Å². The number of hydrogen-bond donors (Lipinski definition) is 0. The number of nitrogens with zero attached hydrogens (tertiary/aromatic N) is 1. The molecule has 140 valence electrons. The van der Waals surface area contributed by atoms with Crippen LogP contribution in [-0.4, -0.2) is 19.8 Å². The molecule has 0 aliphatic heterocycles. The fraction of sp³-hybridized carbons (Fsp3) is 0.182. The van der Waals surface area contributed by atoms with Gasteiger partial charge in [-0.1, -0.05) is 23.2 Å². The summed E-state index contributed by atoms with van der Waals surface area (Å²) < 4.78 is 11.0. The molecule has 0 bridgehead atoms. The van der Waals surface area contributed by atoms with Gasteiger partial charge in [0.25, 0.3) is 0 Å². The van der Waals surface area contributed by atoms with E-state index in [1.165, 1.54) is 0 Å². The topological polar surface area (TPSA) is 21.7 Å². The molecule has 3 rings (SSSR count). The minimum Gasteiger partial charge on any atom is -0.491 e. The van der Waals surface area contributed by atoms with Gasteiger partial charge in [-0.2, -0.15) is 0 Å². The number of hydrogen-bond acceptors (Lipinski definition) is 3. The first-order valence-electron chi connectivity index (χ1n) is 8.79. The molecule has 5 heteroatoms. The average Bonchev–Trinajstić information content (AvgIpc) is 2.69. The summed E-state index contributed by atoms with van der Waals surface area (Å²) in [6.07, 6.45) is 0. The van der Waals surface area contributed by atoms with E-state index >= 15 is 0 Å². The highest BCUT2D eigenvalue weighted by molar-refractivity contribution is 6.31. The summed E-state index contributed by atoms with van der Waals surface area (Å²) in [7, 11) is 0. The van der Waals surface area contributed by atoms with Crippen LogP contribution in [0.3, 0.4) is 0 Å². The van der Waals surface area contributed by atoms with Crippen LogP contribution in [0.5, 0.6) is 5.75 Å². The number of halogens is 2. The maximum absolute atomic E-state index is 6.06. The first-order chi connectivity index (χ1) is 13.2. The molecule has 0 unspecified atom stereocenters. The third-order valence-electron chi connectivity index (χ3n) is 3.97. The predicted molar refractivity (Wildman–Crippen MR) is 113 cm³/mol. The van der Waals surface area contributed by atoms with Crippen molar-refractivity contribution in [1.29, 1.82) is 0 Å². The maximum Gasteiger partial charge on any atom is 0.119 e. The van der Waals surface area contributed by atoms with Crippen LogP contribution in [-0.2, 0) is 4.74 Å². The lowest BCUT2D eigenvalue weighted by atomic mass is 10.2. The van der Waals surface area contributed by atoms with Gasteiger partial charge in [0.2, 0.25) is 0 Å². The van der Waals surface area contributed by atoms with E-state index in [9.17, 15) is 0 Å². The molecule has 0 spiro atoms. The van der Waals surface area contributed by atoms with Gasteiger partial charge in [-0.15, -0.1) is 0 Å². The Bertz CT molecular complexity index is 788. The Morgan fingerprint density at radius 1 is 0.667 bits per heavy atom. The molecule has 0 radical (unpaired) electrons. The van der Waals surface area contributed by atoms with E-state index in [0.29, 0.717) is 29.9 Å². The van der Waals surface area contributed by atoms with Gasteiger partial charge < -0.3 is 14.4 Å². The van der Waals surface area contributed by atoms with Crippen LogP contribution in [0.1, 0.15) is 6.92 Å². The zero-order valence-electron chi connectivity index (χ0n) is 15.1. The molecule has 27 heavy (non-hydrogen) atoms. The molecule has 0 aliphatic carbocycles. The van der Waals surface area contributed by atoms with Crippen molar-refractivity contribution in [3.05, 3.63) is 82.8 Å². The molecule has 0 N–H and O–H groups in total. The lowest BCUT2D eigenvalue weighted by molar-refractivity contribution is 0.110. The Labute approximate surface area is 170 Å². The molecule has 3 nitrogen and oxygen atoms in total. The average molecular weight is 402 g/mol. The number of rotatable bonds is 8. The second kappa shape index (κ2) is 9.65. The van der Waals surface area contributed by atoms with E-state index in [1.54, 1.807) is 0 Å². The Morgan fingerprint density at radius 2 is 1.11 bits per heavy atom. The zero-order valence-corrected chi connectivity index (χ0v) is 16.6. The van der Waals surface area contributed by atoms with Gasteiger partial charge in [0, 0.05) is 33.7 Å². The minimum absolute atomic E-state index is 0.533. The summed E-state index contributed by atoms with van der Waals surface area (Å²) in [5.41, 5.74) is 3.02. The van der Waals surface area contributed by atoms with Crippen molar-refractivity contribution < 1.29 is 9.47 Å². The summed E-state index contributed by atoms with van der Waals surface area (Å²) in [5, 5.41) is 1.40. The Hall–Kier alpha value is -2.20. The first-order valence-corrected chi connectivity index (χ1v) is 9.55. The standard InChI is InChI=1S/C22H21Cl2NO2/c1-2-26-15-16-27-22-13-11-21(12-14-22)25(19-7-3-17(23)4-8-19)20-9-5-18(24)6-10-20/h3-14H,2,15-16H2,1H3. The highest BCUT2D eigenvalue weighted by Crippen LogP contribution is 2.36. The fourth-order valence-electron chi connectivity index (χ4n) is 2.68. The number of ether oxygens (including phenoxy) is 2. The molecule has 0 saturated heterocycles. The van der Waals surface area contributed by atoms with Crippen LogP contribution in [0.4, 0.5) is 17.1 Å². The summed E-state index contributed by atoms with van der Waals surface area (Å²) in [5.74, 6) is 0.811. The summed E-state index contributed by atoms with van der Waals surface area (Å²) >= 11 is 12.1. The van der Waals surface area contributed by atoms with Gasteiger partial charge in [-0.3, -0.25) is 0 Å². The van der Waals surface area contributed by atoms with Gasteiger partial charge in [0.05, 0.1) is 6.61 Å². The number of anilines is 3. The molecule has 0 aromatic heterocycles. The van der Waals surface area contributed by atoms with Crippen molar-refractivity contribution in [2.75, 3.05) is 24.7 Å². The Kier molecular flexibility index (Phi) is 6.99. The van der Waals surface area contributed by atoms with E-state index < -0.39 is 0 Å². The number of benzene rings is 3. The van der Waals surface area contributed by atoms with Gasteiger partial charge in [0.15, 0.2) is 0 Å². The predicted octanol–water partition coefficient (Wildman–Crippen LogP) is 6.88. The van der Waals surface area contributed by atoms with E-state index in [1.807, 2.05) is 79.7 Å². The second-order valence-corrected chi connectivity index (χ2v) is 6.70. The van der Waals surface area contributed by atoms with Crippen molar-refractivity contribution in [2.24, 2.45) is 0 Å². The summed E-state index contributed by atoms with van der Waals surface area (Å²) in [6, 6.07) is 23.4. The molecule has 0 fully saturated rings. The fourth-order valence-corrected chi connectivity index (χ4v) is 2.93. The molecule has 0 amide bonds. The van der Waals surface area contributed by atoms with E-state index in [4.69, 9.17) is 32.7 Å². The molecular formula is C22H21Cl2NO2. The van der Waals surface area contributed by atoms with E-state index in [0.717, 1.165) is 22.8 Å². The van der Waals surface area contributed by atoms with Crippen molar-refractivity contribution >= 4 is 40.3 Å². The molecule has 0 saturated carbocycles. The first kappa shape index (κ1) is 19.6. The monoisotopic (exact) mass is 401 g/mol.